The lowest BCUT2D eigenvalue weighted by Crippen LogP contribution is -2.04. The fourth-order valence-corrected chi connectivity index (χ4v) is 1.87. The van der Waals surface area contributed by atoms with E-state index >= 15 is 0 Å². The van der Waals surface area contributed by atoms with Gasteiger partial charge in [-0.05, 0) is 43.7 Å². The molecule has 2 aromatic rings. The predicted molar refractivity (Wildman–Crippen MR) is 66.1 cm³/mol. The fraction of sp³-hybridized carbons (Fsp3) is 0.250. The number of nitrogens with two attached hydrogens (primary N) is 1. The monoisotopic (exact) mass is 235 g/mol. The average molecular weight is 236 g/mol. The summed E-state index contributed by atoms with van der Waals surface area (Å²) in [7, 11) is 0. The maximum Gasteiger partial charge on any atom is 0.0660 e. The second kappa shape index (κ2) is 4.68. The van der Waals surface area contributed by atoms with E-state index in [0.717, 1.165) is 28.4 Å². The van der Waals surface area contributed by atoms with Gasteiger partial charge in [0.05, 0.1) is 11.4 Å². The standard InChI is InChI=1S/C12H14ClN3/c1-9-5-7-16(15-9)11-3-2-10(4-6-14)12(13)8-11/h2-3,5,7-8H,4,6,14H2,1H3. The summed E-state index contributed by atoms with van der Waals surface area (Å²) in [5.41, 5.74) is 8.55. The Morgan fingerprint density at radius 2 is 2.19 bits per heavy atom. The molecule has 0 radical (unpaired) electrons. The minimum Gasteiger partial charge on any atom is -0.330 e. The number of hydrogen-bond acceptors (Lipinski definition) is 2. The summed E-state index contributed by atoms with van der Waals surface area (Å²) in [6.07, 6.45) is 2.72. The van der Waals surface area contributed by atoms with E-state index in [0.29, 0.717) is 6.54 Å². The van der Waals surface area contributed by atoms with Crippen LogP contribution in [0, 0.1) is 6.92 Å². The van der Waals surface area contributed by atoms with E-state index < -0.39 is 0 Å². The van der Waals surface area contributed by atoms with Crippen LogP contribution in [0.3, 0.4) is 0 Å². The van der Waals surface area contributed by atoms with Crippen molar-refractivity contribution in [2.75, 3.05) is 6.54 Å². The highest BCUT2D eigenvalue weighted by Gasteiger charge is 2.03. The fourth-order valence-electron chi connectivity index (χ4n) is 1.60. The van der Waals surface area contributed by atoms with Crippen molar-refractivity contribution in [3.05, 3.63) is 46.7 Å². The Morgan fingerprint density at radius 3 is 2.75 bits per heavy atom. The summed E-state index contributed by atoms with van der Waals surface area (Å²) in [6, 6.07) is 7.88. The largest absolute Gasteiger partial charge is 0.330 e. The maximum atomic E-state index is 6.17. The zero-order valence-corrected chi connectivity index (χ0v) is 9.91. The third-order valence-electron chi connectivity index (χ3n) is 2.44. The highest BCUT2D eigenvalue weighted by molar-refractivity contribution is 6.31. The lowest BCUT2D eigenvalue weighted by Gasteiger charge is -2.06. The average Bonchev–Trinajstić information content (AvgIpc) is 2.68. The molecule has 0 aliphatic heterocycles. The van der Waals surface area contributed by atoms with E-state index in [-0.39, 0.29) is 0 Å². The number of aryl methyl sites for hydroxylation is 1. The van der Waals surface area contributed by atoms with Crippen LogP contribution in [0.25, 0.3) is 5.69 Å². The third-order valence-corrected chi connectivity index (χ3v) is 2.79. The first-order chi connectivity index (χ1) is 7.70. The summed E-state index contributed by atoms with van der Waals surface area (Å²) >= 11 is 6.17. The van der Waals surface area contributed by atoms with Crippen molar-refractivity contribution in [3.8, 4) is 5.69 Å². The molecule has 0 fully saturated rings. The lowest BCUT2D eigenvalue weighted by molar-refractivity contribution is 0.860. The van der Waals surface area contributed by atoms with Gasteiger partial charge in [-0.15, -0.1) is 0 Å². The van der Waals surface area contributed by atoms with E-state index in [1.165, 1.54) is 0 Å². The van der Waals surface area contributed by atoms with E-state index in [1.807, 2.05) is 42.1 Å². The summed E-state index contributed by atoms with van der Waals surface area (Å²) in [6.45, 7) is 2.57. The topological polar surface area (TPSA) is 43.8 Å². The number of aromatic nitrogens is 2. The van der Waals surface area contributed by atoms with Gasteiger partial charge >= 0.3 is 0 Å². The van der Waals surface area contributed by atoms with Crippen LogP contribution in [0.2, 0.25) is 5.02 Å². The van der Waals surface area contributed by atoms with Gasteiger partial charge < -0.3 is 5.73 Å². The van der Waals surface area contributed by atoms with Crippen LogP contribution in [0.5, 0.6) is 0 Å². The van der Waals surface area contributed by atoms with Crippen molar-refractivity contribution >= 4 is 11.6 Å². The van der Waals surface area contributed by atoms with Crippen LogP contribution in [0.15, 0.2) is 30.5 Å². The third kappa shape index (κ3) is 2.26. The molecule has 0 amide bonds. The molecule has 16 heavy (non-hydrogen) atoms. The second-order valence-corrected chi connectivity index (χ2v) is 4.12. The number of nitrogens with zero attached hydrogens (tertiary/aromatic N) is 2. The molecular formula is C12H14ClN3. The van der Waals surface area contributed by atoms with Gasteiger partial charge in [-0.3, -0.25) is 0 Å². The molecule has 4 heteroatoms. The minimum atomic E-state index is 0.611. The van der Waals surface area contributed by atoms with Crippen LogP contribution in [-0.4, -0.2) is 16.3 Å². The Hall–Kier alpha value is -1.32. The molecule has 0 saturated heterocycles. The Labute approximate surface area is 99.8 Å². The van der Waals surface area contributed by atoms with Crippen LogP contribution in [0.1, 0.15) is 11.3 Å². The molecule has 0 spiro atoms. The van der Waals surface area contributed by atoms with Crippen molar-refractivity contribution in [1.82, 2.24) is 9.78 Å². The zero-order chi connectivity index (χ0) is 11.5. The molecule has 0 aliphatic carbocycles. The Bertz CT molecular complexity index is 491. The lowest BCUT2D eigenvalue weighted by atomic mass is 10.1. The molecule has 0 aliphatic rings. The van der Waals surface area contributed by atoms with Gasteiger partial charge in [0.1, 0.15) is 0 Å². The van der Waals surface area contributed by atoms with Gasteiger partial charge in [0.2, 0.25) is 0 Å². The number of rotatable bonds is 3. The number of halogens is 1. The molecule has 0 unspecified atom stereocenters. The van der Waals surface area contributed by atoms with E-state index in [1.54, 1.807) is 0 Å². The van der Waals surface area contributed by atoms with E-state index in [2.05, 4.69) is 5.10 Å². The quantitative estimate of drug-likeness (QED) is 0.888. The molecule has 2 N–H and O–H groups in total. The molecule has 84 valence electrons. The summed E-state index contributed by atoms with van der Waals surface area (Å²) < 4.78 is 1.81. The van der Waals surface area contributed by atoms with Crippen LogP contribution in [-0.2, 0) is 6.42 Å². The van der Waals surface area contributed by atoms with Crippen molar-refractivity contribution in [2.24, 2.45) is 5.73 Å². The minimum absolute atomic E-state index is 0.611. The van der Waals surface area contributed by atoms with Gasteiger partial charge in [-0.1, -0.05) is 17.7 Å². The van der Waals surface area contributed by atoms with Crippen LogP contribution >= 0.6 is 11.6 Å². The van der Waals surface area contributed by atoms with Crippen LogP contribution in [0.4, 0.5) is 0 Å². The molecular weight excluding hydrogens is 222 g/mol. The number of benzene rings is 1. The van der Waals surface area contributed by atoms with Gasteiger partial charge in [-0.25, -0.2) is 4.68 Å². The highest BCUT2D eigenvalue weighted by Crippen LogP contribution is 2.20. The molecule has 1 aromatic carbocycles. The van der Waals surface area contributed by atoms with Crippen molar-refractivity contribution in [3.63, 3.8) is 0 Å². The summed E-state index contributed by atoms with van der Waals surface area (Å²) in [4.78, 5) is 0. The highest BCUT2D eigenvalue weighted by atomic mass is 35.5. The SMILES string of the molecule is Cc1ccn(-c2ccc(CCN)c(Cl)c2)n1. The normalized spacial score (nSPS) is 10.7. The summed E-state index contributed by atoms with van der Waals surface area (Å²) in [5.74, 6) is 0. The molecule has 0 saturated carbocycles. The van der Waals surface area contributed by atoms with Crippen molar-refractivity contribution < 1.29 is 0 Å². The number of hydrogen-bond donors (Lipinski definition) is 1. The Kier molecular flexibility index (Phi) is 3.27. The first kappa shape index (κ1) is 11.2. The van der Waals surface area contributed by atoms with Gasteiger partial charge in [0, 0.05) is 11.2 Å². The maximum absolute atomic E-state index is 6.17. The Balaban J connectivity index is 2.34. The molecule has 3 nitrogen and oxygen atoms in total. The van der Waals surface area contributed by atoms with Gasteiger partial charge in [-0.2, -0.15) is 5.10 Å². The first-order valence-electron chi connectivity index (χ1n) is 5.22. The molecule has 0 atom stereocenters. The van der Waals surface area contributed by atoms with E-state index in [4.69, 9.17) is 17.3 Å². The smallest absolute Gasteiger partial charge is 0.0660 e. The Morgan fingerprint density at radius 1 is 1.38 bits per heavy atom. The van der Waals surface area contributed by atoms with Crippen molar-refractivity contribution in [2.45, 2.75) is 13.3 Å². The molecule has 2 rings (SSSR count). The van der Waals surface area contributed by atoms with Crippen LogP contribution < -0.4 is 5.73 Å². The van der Waals surface area contributed by atoms with Gasteiger partial charge in [0.15, 0.2) is 0 Å². The first-order valence-corrected chi connectivity index (χ1v) is 5.59. The predicted octanol–water partition coefficient (Wildman–Crippen LogP) is 2.34. The molecule has 1 aromatic heterocycles. The zero-order valence-electron chi connectivity index (χ0n) is 9.15. The molecule has 0 bridgehead atoms. The second-order valence-electron chi connectivity index (χ2n) is 3.72. The van der Waals surface area contributed by atoms with Crippen molar-refractivity contribution in [1.29, 1.82) is 0 Å². The molecule has 1 heterocycles. The van der Waals surface area contributed by atoms with Gasteiger partial charge in [0.25, 0.3) is 0 Å². The van der Waals surface area contributed by atoms with E-state index in [9.17, 15) is 0 Å². The summed E-state index contributed by atoms with van der Waals surface area (Å²) in [5, 5.41) is 5.08.